The van der Waals surface area contributed by atoms with Crippen molar-refractivity contribution < 1.29 is 4.39 Å². The van der Waals surface area contributed by atoms with Crippen molar-refractivity contribution in [2.24, 2.45) is 0 Å². The Hall–Kier alpha value is -1.19. The van der Waals surface area contributed by atoms with Crippen LogP contribution in [0.1, 0.15) is 30.4 Å². The van der Waals surface area contributed by atoms with Crippen LogP contribution in [0.2, 0.25) is 0 Å². The second kappa shape index (κ2) is 7.71. The number of hydrogen-bond donors (Lipinski definition) is 1. The Morgan fingerprint density at radius 3 is 2.43 bits per heavy atom. The molecular formula is C18H21BrFN. The Bertz CT molecular complexity index is 571. The molecule has 0 aromatic heterocycles. The molecule has 0 bridgehead atoms. The summed E-state index contributed by atoms with van der Waals surface area (Å²) in [4.78, 5) is 0. The first-order valence-electron chi connectivity index (χ1n) is 7.31. The molecule has 2 atom stereocenters. The van der Waals surface area contributed by atoms with E-state index in [0.29, 0.717) is 16.4 Å². The van der Waals surface area contributed by atoms with E-state index in [0.717, 1.165) is 18.4 Å². The predicted octanol–water partition coefficient (Wildman–Crippen LogP) is 4.91. The predicted molar refractivity (Wildman–Crippen MR) is 90.1 cm³/mol. The molecule has 0 amide bonds. The van der Waals surface area contributed by atoms with Gasteiger partial charge < -0.3 is 5.32 Å². The van der Waals surface area contributed by atoms with E-state index in [1.807, 2.05) is 25.2 Å². The minimum Gasteiger partial charge on any atom is -0.316 e. The van der Waals surface area contributed by atoms with Gasteiger partial charge in [0.15, 0.2) is 0 Å². The van der Waals surface area contributed by atoms with Crippen LogP contribution in [-0.4, -0.2) is 13.1 Å². The summed E-state index contributed by atoms with van der Waals surface area (Å²) in [5.74, 6) is 0.231. The summed E-state index contributed by atoms with van der Waals surface area (Å²) in [5, 5.41) is 3.43. The molecule has 21 heavy (non-hydrogen) atoms. The first-order chi connectivity index (χ1) is 10.2. The Balaban J connectivity index is 2.19. The van der Waals surface area contributed by atoms with E-state index in [1.54, 1.807) is 0 Å². The van der Waals surface area contributed by atoms with Gasteiger partial charge in [-0.3, -0.25) is 0 Å². The van der Waals surface area contributed by atoms with E-state index in [2.05, 4.69) is 52.4 Å². The molecule has 1 nitrogen and oxygen atoms in total. The molecule has 3 heteroatoms. The van der Waals surface area contributed by atoms with Crippen LogP contribution < -0.4 is 5.32 Å². The molecule has 2 aromatic rings. The second-order valence-electron chi connectivity index (χ2n) is 5.27. The first-order valence-corrected chi connectivity index (χ1v) is 8.11. The molecule has 0 saturated carbocycles. The standard InChI is InChI=1S/C18H21BrFN/c1-3-15(14-7-5-4-6-8-14)18(21-2)12-13-9-10-17(20)16(19)11-13/h4-11,15,18,21H,3,12H2,1-2H3. The van der Waals surface area contributed by atoms with E-state index in [9.17, 15) is 4.39 Å². The monoisotopic (exact) mass is 349 g/mol. The van der Waals surface area contributed by atoms with Gasteiger partial charge in [0.2, 0.25) is 0 Å². The van der Waals surface area contributed by atoms with Crippen molar-refractivity contribution in [2.75, 3.05) is 7.05 Å². The van der Waals surface area contributed by atoms with Gasteiger partial charge in [0.05, 0.1) is 4.47 Å². The van der Waals surface area contributed by atoms with Gasteiger partial charge in [-0.2, -0.15) is 0 Å². The molecule has 0 aliphatic heterocycles. The summed E-state index contributed by atoms with van der Waals surface area (Å²) >= 11 is 3.26. The van der Waals surface area contributed by atoms with Crippen LogP contribution in [0.3, 0.4) is 0 Å². The number of benzene rings is 2. The van der Waals surface area contributed by atoms with Crippen molar-refractivity contribution in [2.45, 2.75) is 31.7 Å². The first kappa shape index (κ1) is 16.2. The molecule has 2 aromatic carbocycles. The SMILES string of the molecule is CCC(c1ccccc1)C(Cc1ccc(F)c(Br)c1)NC. The summed E-state index contributed by atoms with van der Waals surface area (Å²) in [6, 6.07) is 16.2. The Morgan fingerprint density at radius 1 is 1.14 bits per heavy atom. The minimum absolute atomic E-state index is 0.213. The summed E-state index contributed by atoms with van der Waals surface area (Å²) in [7, 11) is 1.99. The molecule has 0 heterocycles. The zero-order valence-corrected chi connectivity index (χ0v) is 14.0. The third kappa shape index (κ3) is 4.14. The van der Waals surface area contributed by atoms with Crippen molar-refractivity contribution in [3.63, 3.8) is 0 Å². The number of halogens is 2. The average molecular weight is 350 g/mol. The molecule has 112 valence electrons. The minimum atomic E-state index is -0.213. The van der Waals surface area contributed by atoms with Crippen molar-refractivity contribution in [1.82, 2.24) is 5.32 Å². The molecule has 0 radical (unpaired) electrons. The van der Waals surface area contributed by atoms with Crippen molar-refractivity contribution in [3.8, 4) is 0 Å². The molecular weight excluding hydrogens is 329 g/mol. The van der Waals surface area contributed by atoms with Crippen molar-refractivity contribution >= 4 is 15.9 Å². The Morgan fingerprint density at radius 2 is 1.86 bits per heavy atom. The lowest BCUT2D eigenvalue weighted by Crippen LogP contribution is -2.34. The van der Waals surface area contributed by atoms with Crippen LogP contribution in [0.4, 0.5) is 4.39 Å². The van der Waals surface area contributed by atoms with Crippen LogP contribution in [0.5, 0.6) is 0 Å². The van der Waals surface area contributed by atoms with Crippen LogP contribution in [-0.2, 0) is 6.42 Å². The lowest BCUT2D eigenvalue weighted by molar-refractivity contribution is 0.448. The van der Waals surface area contributed by atoms with E-state index in [4.69, 9.17) is 0 Å². The van der Waals surface area contributed by atoms with E-state index in [-0.39, 0.29) is 5.82 Å². The highest BCUT2D eigenvalue weighted by molar-refractivity contribution is 9.10. The summed E-state index contributed by atoms with van der Waals surface area (Å²) in [6.07, 6.45) is 1.95. The van der Waals surface area contributed by atoms with E-state index in [1.165, 1.54) is 11.6 Å². The maximum atomic E-state index is 13.3. The summed E-state index contributed by atoms with van der Waals surface area (Å²) in [6.45, 7) is 2.21. The summed E-state index contributed by atoms with van der Waals surface area (Å²) < 4.78 is 13.9. The Kier molecular flexibility index (Phi) is 5.95. The van der Waals surface area contributed by atoms with Crippen molar-refractivity contribution in [1.29, 1.82) is 0 Å². The average Bonchev–Trinajstić information content (AvgIpc) is 2.51. The topological polar surface area (TPSA) is 12.0 Å². The van der Waals surface area contributed by atoms with Gasteiger partial charge in [0.25, 0.3) is 0 Å². The van der Waals surface area contributed by atoms with Crippen LogP contribution in [0.15, 0.2) is 53.0 Å². The molecule has 0 fully saturated rings. The van der Waals surface area contributed by atoms with Gasteiger partial charge in [-0.05, 0) is 65.0 Å². The van der Waals surface area contributed by atoms with Gasteiger partial charge in [-0.1, -0.05) is 43.3 Å². The van der Waals surface area contributed by atoms with Crippen LogP contribution in [0.25, 0.3) is 0 Å². The molecule has 0 aliphatic carbocycles. The zero-order valence-electron chi connectivity index (χ0n) is 12.4. The number of nitrogens with one attached hydrogen (secondary N) is 1. The molecule has 1 N–H and O–H groups in total. The van der Waals surface area contributed by atoms with E-state index >= 15 is 0 Å². The zero-order chi connectivity index (χ0) is 15.2. The Labute approximate surface area is 134 Å². The normalized spacial score (nSPS) is 13.9. The smallest absolute Gasteiger partial charge is 0.137 e. The summed E-state index contributed by atoms with van der Waals surface area (Å²) in [5.41, 5.74) is 2.48. The fourth-order valence-corrected chi connectivity index (χ4v) is 3.25. The molecule has 0 aliphatic rings. The lowest BCUT2D eigenvalue weighted by Gasteiger charge is -2.26. The maximum absolute atomic E-state index is 13.3. The van der Waals surface area contributed by atoms with Crippen LogP contribution >= 0.6 is 15.9 Å². The fraction of sp³-hybridized carbons (Fsp3) is 0.333. The molecule has 0 spiro atoms. The number of rotatable bonds is 6. The fourth-order valence-electron chi connectivity index (χ4n) is 2.82. The number of hydrogen-bond acceptors (Lipinski definition) is 1. The largest absolute Gasteiger partial charge is 0.316 e. The molecule has 2 rings (SSSR count). The third-order valence-corrected chi connectivity index (χ3v) is 4.57. The third-order valence-electron chi connectivity index (χ3n) is 3.96. The highest BCUT2D eigenvalue weighted by Crippen LogP contribution is 2.26. The van der Waals surface area contributed by atoms with Gasteiger partial charge >= 0.3 is 0 Å². The maximum Gasteiger partial charge on any atom is 0.137 e. The molecule has 0 saturated heterocycles. The highest BCUT2D eigenvalue weighted by Gasteiger charge is 2.20. The van der Waals surface area contributed by atoms with Gasteiger partial charge in [-0.15, -0.1) is 0 Å². The second-order valence-corrected chi connectivity index (χ2v) is 6.13. The van der Waals surface area contributed by atoms with E-state index < -0.39 is 0 Å². The van der Waals surface area contributed by atoms with Crippen LogP contribution in [0, 0.1) is 5.82 Å². The number of likely N-dealkylation sites (N-methyl/N-ethyl adjacent to an activating group) is 1. The quantitative estimate of drug-likeness (QED) is 0.780. The van der Waals surface area contributed by atoms with Gasteiger partial charge in [0.1, 0.15) is 5.82 Å². The molecule has 2 unspecified atom stereocenters. The van der Waals surface area contributed by atoms with Gasteiger partial charge in [0, 0.05) is 6.04 Å². The van der Waals surface area contributed by atoms with Gasteiger partial charge in [-0.25, -0.2) is 4.39 Å². The van der Waals surface area contributed by atoms with Crippen molar-refractivity contribution in [3.05, 3.63) is 69.9 Å². The highest BCUT2D eigenvalue weighted by atomic mass is 79.9. The lowest BCUT2D eigenvalue weighted by atomic mass is 9.86.